The van der Waals surface area contributed by atoms with E-state index in [-0.39, 0.29) is 19.2 Å². The molecule has 0 spiro atoms. The summed E-state index contributed by atoms with van der Waals surface area (Å²) in [4.78, 5) is 12.6. The quantitative estimate of drug-likeness (QED) is 0.725. The molecule has 118 valence electrons. The highest BCUT2D eigenvalue weighted by molar-refractivity contribution is 7.16. The van der Waals surface area contributed by atoms with Gasteiger partial charge in [0, 0.05) is 11.4 Å². The Labute approximate surface area is 137 Å². The van der Waals surface area contributed by atoms with Crippen LogP contribution in [0.5, 0.6) is 5.75 Å². The number of hydrogen-bond acceptors (Lipinski definition) is 4. The van der Waals surface area contributed by atoms with E-state index in [0.717, 1.165) is 4.88 Å². The minimum absolute atomic E-state index is 0.115. The predicted molar refractivity (Wildman–Crippen MR) is 87.5 cm³/mol. The fraction of sp³-hybridized carbons (Fsp3) is 0.267. The average Bonchev–Trinajstić information content (AvgIpc) is 2.95. The largest absolute Gasteiger partial charge is 0.491 e. The Bertz CT molecular complexity index is 591. The molecule has 2 amide bonds. The zero-order chi connectivity index (χ0) is 15.8. The van der Waals surface area contributed by atoms with Crippen molar-refractivity contribution >= 4 is 29.0 Å². The minimum atomic E-state index is -0.776. The van der Waals surface area contributed by atoms with Gasteiger partial charge in [0.15, 0.2) is 0 Å². The normalized spacial score (nSPS) is 11.7. The smallest absolute Gasteiger partial charge is 0.315 e. The lowest BCUT2D eigenvalue weighted by Crippen LogP contribution is -2.40. The first kappa shape index (κ1) is 16.6. The maximum absolute atomic E-state index is 11.6. The molecule has 1 atom stereocenters. The van der Waals surface area contributed by atoms with Crippen molar-refractivity contribution in [3.05, 3.63) is 51.7 Å². The molecule has 0 bridgehead atoms. The van der Waals surface area contributed by atoms with Crippen LogP contribution in [-0.2, 0) is 6.54 Å². The molecule has 22 heavy (non-hydrogen) atoms. The van der Waals surface area contributed by atoms with Gasteiger partial charge in [-0.15, -0.1) is 11.3 Å². The number of aliphatic hydroxyl groups excluding tert-OH is 1. The monoisotopic (exact) mass is 340 g/mol. The summed E-state index contributed by atoms with van der Waals surface area (Å²) >= 11 is 7.22. The van der Waals surface area contributed by atoms with Crippen molar-refractivity contribution in [1.29, 1.82) is 0 Å². The number of para-hydroxylation sites is 1. The van der Waals surface area contributed by atoms with Gasteiger partial charge in [-0.25, -0.2) is 4.79 Å². The Morgan fingerprint density at radius 1 is 1.23 bits per heavy atom. The van der Waals surface area contributed by atoms with Crippen molar-refractivity contribution in [2.45, 2.75) is 12.6 Å². The number of ether oxygens (including phenoxy) is 1. The third kappa shape index (κ3) is 5.93. The molecular weight excluding hydrogens is 324 g/mol. The van der Waals surface area contributed by atoms with E-state index in [4.69, 9.17) is 16.3 Å². The summed E-state index contributed by atoms with van der Waals surface area (Å²) in [6, 6.07) is 12.5. The number of carbonyl (C=O) groups is 1. The number of halogens is 1. The van der Waals surface area contributed by atoms with Gasteiger partial charge in [-0.05, 0) is 24.3 Å². The molecule has 0 unspecified atom stereocenters. The fourth-order valence-corrected chi connectivity index (χ4v) is 2.68. The van der Waals surface area contributed by atoms with Gasteiger partial charge in [0.25, 0.3) is 0 Å². The molecule has 1 aromatic heterocycles. The van der Waals surface area contributed by atoms with E-state index >= 15 is 0 Å². The minimum Gasteiger partial charge on any atom is -0.491 e. The summed E-state index contributed by atoms with van der Waals surface area (Å²) in [6.45, 7) is 0.633. The molecule has 5 nitrogen and oxygen atoms in total. The van der Waals surface area contributed by atoms with Crippen molar-refractivity contribution < 1.29 is 14.6 Å². The van der Waals surface area contributed by atoms with Gasteiger partial charge in [0.1, 0.15) is 18.5 Å². The highest BCUT2D eigenvalue weighted by atomic mass is 35.5. The molecule has 1 heterocycles. The van der Waals surface area contributed by atoms with Crippen LogP contribution in [-0.4, -0.2) is 30.4 Å². The molecule has 0 radical (unpaired) electrons. The van der Waals surface area contributed by atoms with Crippen LogP contribution in [0.15, 0.2) is 42.5 Å². The second kappa shape index (κ2) is 8.63. The standard InChI is InChI=1S/C15H17ClN2O3S/c16-14-7-6-13(22-14)9-18-15(20)17-8-11(19)10-21-12-4-2-1-3-5-12/h1-7,11,19H,8-10H2,(H2,17,18,20)/t11-/m1/s1. The Kier molecular flexibility index (Phi) is 6.51. The van der Waals surface area contributed by atoms with Crippen LogP contribution in [0.4, 0.5) is 4.79 Å². The maximum Gasteiger partial charge on any atom is 0.315 e. The first-order chi connectivity index (χ1) is 10.6. The van der Waals surface area contributed by atoms with Crippen LogP contribution < -0.4 is 15.4 Å². The lowest BCUT2D eigenvalue weighted by Gasteiger charge is -2.13. The van der Waals surface area contributed by atoms with Crippen molar-refractivity contribution in [2.75, 3.05) is 13.2 Å². The van der Waals surface area contributed by atoms with Crippen LogP contribution in [0.2, 0.25) is 4.34 Å². The number of rotatable bonds is 7. The topological polar surface area (TPSA) is 70.6 Å². The molecule has 0 fully saturated rings. The molecule has 0 saturated heterocycles. The van der Waals surface area contributed by atoms with Crippen LogP contribution >= 0.6 is 22.9 Å². The molecule has 0 saturated carbocycles. The van der Waals surface area contributed by atoms with Gasteiger partial charge in [-0.3, -0.25) is 0 Å². The van der Waals surface area contributed by atoms with E-state index in [9.17, 15) is 9.90 Å². The van der Waals surface area contributed by atoms with Crippen LogP contribution in [0, 0.1) is 0 Å². The van der Waals surface area contributed by atoms with Gasteiger partial charge in [-0.1, -0.05) is 29.8 Å². The van der Waals surface area contributed by atoms with Crippen LogP contribution in [0.3, 0.4) is 0 Å². The molecule has 2 aromatic rings. The van der Waals surface area contributed by atoms with Gasteiger partial charge >= 0.3 is 6.03 Å². The molecular formula is C15H17ClN2O3S. The Morgan fingerprint density at radius 3 is 2.68 bits per heavy atom. The second-order valence-corrected chi connectivity index (χ2v) is 6.35. The maximum atomic E-state index is 11.6. The highest BCUT2D eigenvalue weighted by Gasteiger charge is 2.08. The van der Waals surface area contributed by atoms with E-state index in [1.165, 1.54) is 11.3 Å². The third-order valence-corrected chi connectivity index (χ3v) is 3.97. The van der Waals surface area contributed by atoms with Gasteiger partial charge in [0.2, 0.25) is 0 Å². The molecule has 3 N–H and O–H groups in total. The van der Waals surface area contributed by atoms with E-state index in [2.05, 4.69) is 10.6 Å². The van der Waals surface area contributed by atoms with Crippen molar-refractivity contribution in [3.63, 3.8) is 0 Å². The summed E-state index contributed by atoms with van der Waals surface area (Å²) in [5.41, 5.74) is 0. The summed E-state index contributed by atoms with van der Waals surface area (Å²) < 4.78 is 6.08. The highest BCUT2D eigenvalue weighted by Crippen LogP contribution is 2.20. The van der Waals surface area contributed by atoms with E-state index in [0.29, 0.717) is 16.6 Å². The second-order valence-electron chi connectivity index (χ2n) is 4.55. The van der Waals surface area contributed by atoms with E-state index < -0.39 is 6.10 Å². The van der Waals surface area contributed by atoms with Gasteiger partial charge < -0.3 is 20.5 Å². The summed E-state index contributed by atoms with van der Waals surface area (Å²) in [6.07, 6.45) is -0.776. The zero-order valence-electron chi connectivity index (χ0n) is 11.8. The van der Waals surface area contributed by atoms with Crippen molar-refractivity contribution in [3.8, 4) is 5.75 Å². The Balaban J connectivity index is 1.61. The fourth-order valence-electron chi connectivity index (χ4n) is 1.66. The summed E-state index contributed by atoms with van der Waals surface area (Å²) in [7, 11) is 0. The number of benzene rings is 1. The first-order valence-electron chi connectivity index (χ1n) is 6.75. The van der Waals surface area contributed by atoms with Gasteiger partial charge in [-0.2, -0.15) is 0 Å². The molecule has 7 heteroatoms. The first-order valence-corrected chi connectivity index (χ1v) is 7.95. The summed E-state index contributed by atoms with van der Waals surface area (Å²) in [5.74, 6) is 0.681. The number of thiophene rings is 1. The molecule has 1 aromatic carbocycles. The van der Waals surface area contributed by atoms with Crippen LogP contribution in [0.25, 0.3) is 0 Å². The zero-order valence-corrected chi connectivity index (χ0v) is 13.4. The van der Waals surface area contributed by atoms with Gasteiger partial charge in [0.05, 0.1) is 10.9 Å². The number of amides is 2. The predicted octanol–water partition coefficient (Wildman–Crippen LogP) is 2.64. The number of nitrogens with one attached hydrogen (secondary N) is 2. The number of aliphatic hydroxyl groups is 1. The summed E-state index contributed by atoms with van der Waals surface area (Å²) in [5, 5.41) is 15.0. The lowest BCUT2D eigenvalue weighted by molar-refractivity contribution is 0.108. The van der Waals surface area contributed by atoms with Crippen LogP contribution in [0.1, 0.15) is 4.88 Å². The Morgan fingerprint density at radius 2 is 2.00 bits per heavy atom. The molecule has 0 aliphatic rings. The lowest BCUT2D eigenvalue weighted by atomic mass is 10.3. The van der Waals surface area contributed by atoms with Crippen molar-refractivity contribution in [2.24, 2.45) is 0 Å². The molecule has 0 aliphatic heterocycles. The average molecular weight is 341 g/mol. The van der Waals surface area contributed by atoms with E-state index in [1.54, 1.807) is 18.2 Å². The van der Waals surface area contributed by atoms with Crippen molar-refractivity contribution in [1.82, 2.24) is 10.6 Å². The third-order valence-electron chi connectivity index (χ3n) is 2.74. The number of hydrogen-bond donors (Lipinski definition) is 3. The number of carbonyl (C=O) groups excluding carboxylic acids is 1. The number of urea groups is 1. The van der Waals surface area contributed by atoms with E-state index in [1.807, 2.05) is 24.3 Å². The SMILES string of the molecule is O=C(NCc1ccc(Cl)s1)NC[C@@H](O)COc1ccccc1. The molecule has 0 aliphatic carbocycles. The Hall–Kier alpha value is -1.76. The molecule has 2 rings (SSSR count).